The zero-order valence-electron chi connectivity index (χ0n) is 31.8. The first-order chi connectivity index (χ1) is 25.5. The predicted octanol–water partition coefficient (Wildman–Crippen LogP) is 6.07. The smallest absolute Gasteiger partial charge is 0.242 e. The Labute approximate surface area is 319 Å². The summed E-state index contributed by atoms with van der Waals surface area (Å²) in [7, 11) is 3.60. The molecule has 0 aromatic carbocycles. The van der Waals surface area contributed by atoms with Gasteiger partial charge in [-0.3, -0.25) is 24.5 Å². The lowest BCUT2D eigenvalue weighted by molar-refractivity contribution is -0.122. The first-order valence-corrected chi connectivity index (χ1v) is 18.5. The van der Waals surface area contributed by atoms with Crippen molar-refractivity contribution in [1.82, 2.24) is 30.0 Å². The van der Waals surface area contributed by atoms with Gasteiger partial charge in [-0.15, -0.1) is 0 Å². The molecule has 6 N–H and O–H groups in total. The number of hydrogen-bond donors (Lipinski definition) is 5. The molecule has 53 heavy (non-hydrogen) atoms. The van der Waals surface area contributed by atoms with E-state index in [1.807, 2.05) is 45.2 Å². The number of methoxy groups -OCH3 is 1. The van der Waals surface area contributed by atoms with Crippen LogP contribution in [0.5, 0.6) is 0 Å². The number of pyridine rings is 2. The number of nitrogens with two attached hydrogens (primary N) is 1. The molecule has 2 saturated heterocycles. The second kappa shape index (κ2) is 20.2. The van der Waals surface area contributed by atoms with E-state index in [0.717, 1.165) is 87.5 Å². The van der Waals surface area contributed by atoms with Crippen LogP contribution < -0.4 is 21.3 Å². The van der Waals surface area contributed by atoms with Crippen molar-refractivity contribution in [2.75, 3.05) is 62.4 Å². The first kappa shape index (κ1) is 40.7. The molecule has 0 aliphatic carbocycles. The summed E-state index contributed by atoms with van der Waals surface area (Å²) in [5.41, 5.74) is 9.73. The molecule has 3 aromatic heterocycles. The Balaban J connectivity index is 0.00000103. The van der Waals surface area contributed by atoms with E-state index in [-0.39, 0.29) is 35.5 Å². The third kappa shape index (κ3) is 11.7. The fourth-order valence-corrected chi connectivity index (χ4v) is 6.66. The van der Waals surface area contributed by atoms with Gasteiger partial charge in [0.25, 0.3) is 0 Å². The summed E-state index contributed by atoms with van der Waals surface area (Å²) in [5, 5.41) is 20.1. The molecule has 2 aliphatic rings. The van der Waals surface area contributed by atoms with Crippen LogP contribution in [0.3, 0.4) is 0 Å². The monoisotopic (exact) mass is 736 g/mol. The number of nitrogens with zero attached hydrogens (tertiary/aromatic N) is 6. The van der Waals surface area contributed by atoms with Gasteiger partial charge in [0.15, 0.2) is 0 Å². The van der Waals surface area contributed by atoms with Gasteiger partial charge in [-0.05, 0) is 95.4 Å². The second-order valence-corrected chi connectivity index (χ2v) is 13.7. The van der Waals surface area contributed by atoms with Crippen molar-refractivity contribution in [3.63, 3.8) is 0 Å². The van der Waals surface area contributed by atoms with Crippen molar-refractivity contribution >= 4 is 41.1 Å². The summed E-state index contributed by atoms with van der Waals surface area (Å²) in [6.07, 6.45) is 13.3. The molecule has 0 saturated carbocycles. The fraction of sp³-hybridized carbons (Fsp3) is 0.487. The molecule has 5 rings (SSSR count). The second-order valence-electron chi connectivity index (χ2n) is 13.7. The minimum atomic E-state index is -0.259. The average Bonchev–Trinajstić information content (AvgIpc) is 3.74. The zero-order valence-corrected chi connectivity index (χ0v) is 31.8. The molecule has 0 spiro atoms. The van der Waals surface area contributed by atoms with Gasteiger partial charge in [0.05, 0.1) is 31.1 Å². The highest BCUT2D eigenvalue weighted by molar-refractivity contribution is 5.94. The lowest BCUT2D eigenvalue weighted by Crippen LogP contribution is -2.47. The van der Waals surface area contributed by atoms with E-state index in [4.69, 9.17) is 15.9 Å². The normalized spacial score (nSPS) is 19.2. The van der Waals surface area contributed by atoms with Crippen molar-refractivity contribution in [2.45, 2.75) is 70.9 Å². The summed E-state index contributed by atoms with van der Waals surface area (Å²) in [5.74, 6) is 2.10. The number of H-pyrrole nitrogens is 1. The number of nitrogens with one attached hydrogen (secondary N) is 4. The Hall–Kier alpha value is -5.08. The summed E-state index contributed by atoms with van der Waals surface area (Å²) in [6, 6.07) is 8.93. The fourth-order valence-electron chi connectivity index (χ4n) is 6.66. The third-order valence-electron chi connectivity index (χ3n) is 10.1. The van der Waals surface area contributed by atoms with Crippen LogP contribution in [0, 0.1) is 11.3 Å². The maximum absolute atomic E-state index is 12.6. The minimum absolute atomic E-state index is 0. The molecule has 14 heteroatoms. The SMILES string of the molecule is C=C(OC)c1ccc(NC(=O)[C@H](C)N2CCCC(c3ccn[nH]3)C2)nc1.CCCN(C)c1ccc(NC(=O)C(C)N2CCCC(/C(N)=C/C=N)C2)nc1.[HH].[HH].[HH].[HH]. The highest BCUT2D eigenvalue weighted by Gasteiger charge is 2.30. The highest BCUT2D eigenvalue weighted by Crippen LogP contribution is 2.27. The Morgan fingerprint density at radius 2 is 1.70 bits per heavy atom. The van der Waals surface area contributed by atoms with E-state index in [9.17, 15) is 9.59 Å². The number of carbonyl (C=O) groups is 2. The van der Waals surface area contributed by atoms with Crippen molar-refractivity contribution in [3.8, 4) is 0 Å². The standard InChI is InChI=1S/C20H32N6O.C19H25N5O2.4H2/c1-4-11-25(3)17-7-8-19(23-13-17)24-20(27)15(2)26-12-5-6-16(14-26)18(22)9-10-21;1-13(24-10-4-5-16(12-24)17-8-9-21-23-17)19(25)22-18-7-6-15(11-20-18)14(2)26-3;;;;/h7-10,13,15-16,21H,4-6,11-12,14,22H2,1-3H3,(H,23,24,27);6-9,11,13,16H,2,4-5,10,12H2,1,3H3,(H,21,23)(H,20,22,25);4*1H/b18-9-,21-10?;;;;;/t;13-,16?;;;;/m.0..../s1. The van der Waals surface area contributed by atoms with Gasteiger partial charge in [-0.25, -0.2) is 9.97 Å². The number of rotatable bonds is 14. The lowest BCUT2D eigenvalue weighted by atomic mass is 9.93. The molecule has 0 radical (unpaired) electrons. The molecule has 294 valence electrons. The number of amides is 2. The van der Waals surface area contributed by atoms with E-state index < -0.39 is 0 Å². The number of hydrogen-bond acceptors (Lipinski definition) is 11. The molecule has 3 unspecified atom stereocenters. The third-order valence-corrected chi connectivity index (χ3v) is 10.1. The summed E-state index contributed by atoms with van der Waals surface area (Å²) in [6.45, 7) is 14.1. The van der Waals surface area contributed by atoms with E-state index in [0.29, 0.717) is 23.3 Å². The largest absolute Gasteiger partial charge is 0.497 e. The molecule has 2 amide bonds. The number of likely N-dealkylation sites (tertiary alicyclic amines) is 2. The number of carbonyl (C=O) groups excluding carboxylic acids is 2. The molecular formula is C39H65N11O3. The number of ether oxygens (including phenoxy) is 1. The molecular weight excluding hydrogens is 671 g/mol. The minimum Gasteiger partial charge on any atom is -0.497 e. The maximum Gasteiger partial charge on any atom is 0.242 e. The van der Waals surface area contributed by atoms with E-state index in [1.165, 1.54) is 6.21 Å². The lowest BCUT2D eigenvalue weighted by Gasteiger charge is -2.36. The van der Waals surface area contributed by atoms with Crippen LogP contribution in [-0.2, 0) is 14.3 Å². The van der Waals surface area contributed by atoms with Gasteiger partial charge >= 0.3 is 0 Å². The quantitative estimate of drug-likeness (QED) is 0.0963. The Morgan fingerprint density at radius 1 is 1.06 bits per heavy atom. The van der Waals surface area contributed by atoms with Gasteiger partial charge in [0.1, 0.15) is 17.4 Å². The van der Waals surface area contributed by atoms with Gasteiger partial charge < -0.3 is 31.4 Å². The van der Waals surface area contributed by atoms with Crippen molar-refractivity contribution < 1.29 is 20.0 Å². The van der Waals surface area contributed by atoms with Crippen LogP contribution in [0.25, 0.3) is 5.76 Å². The molecule has 5 heterocycles. The van der Waals surface area contributed by atoms with Crippen LogP contribution >= 0.6 is 0 Å². The molecule has 4 atom stereocenters. The van der Waals surface area contributed by atoms with Gasteiger partial charge in [-0.2, -0.15) is 5.10 Å². The molecule has 2 fully saturated rings. The zero-order chi connectivity index (χ0) is 38.3. The van der Waals surface area contributed by atoms with E-state index >= 15 is 0 Å². The van der Waals surface area contributed by atoms with Gasteiger partial charge in [0, 0.05) is 79.8 Å². The number of aromatic nitrogens is 4. The number of aromatic amines is 1. The van der Waals surface area contributed by atoms with Crippen molar-refractivity contribution in [1.29, 1.82) is 5.41 Å². The Kier molecular flexibility index (Phi) is 15.5. The number of piperidine rings is 2. The van der Waals surface area contributed by atoms with Crippen LogP contribution in [0.1, 0.15) is 75.8 Å². The Morgan fingerprint density at radius 3 is 2.25 bits per heavy atom. The number of allylic oxidation sites excluding steroid dienone is 1. The van der Waals surface area contributed by atoms with E-state index in [2.05, 4.69) is 59.0 Å². The van der Waals surface area contributed by atoms with Crippen LogP contribution in [0.4, 0.5) is 17.3 Å². The number of anilines is 3. The summed E-state index contributed by atoms with van der Waals surface area (Å²) < 4.78 is 5.08. The Bertz CT molecular complexity index is 1660. The molecule has 2 aliphatic heterocycles. The maximum atomic E-state index is 12.6. The molecule has 14 nitrogen and oxygen atoms in total. The molecule has 0 bridgehead atoms. The van der Waals surface area contributed by atoms with E-state index in [1.54, 1.807) is 37.8 Å². The van der Waals surface area contributed by atoms with Crippen molar-refractivity contribution in [2.24, 2.45) is 11.7 Å². The molecule has 3 aromatic rings. The summed E-state index contributed by atoms with van der Waals surface area (Å²) >= 11 is 0. The van der Waals surface area contributed by atoms with Crippen LogP contribution in [0.2, 0.25) is 0 Å². The highest BCUT2D eigenvalue weighted by atomic mass is 16.5. The topological polar surface area (TPSA) is 181 Å². The van der Waals surface area contributed by atoms with Crippen molar-refractivity contribution in [3.05, 3.63) is 78.5 Å². The van der Waals surface area contributed by atoms with Crippen LogP contribution in [-0.4, -0.2) is 107 Å². The van der Waals surface area contributed by atoms with Crippen LogP contribution in [0.15, 0.2) is 67.3 Å². The van der Waals surface area contributed by atoms with Gasteiger partial charge in [-0.1, -0.05) is 13.5 Å². The average molecular weight is 736 g/mol. The first-order valence-electron chi connectivity index (χ1n) is 18.5. The summed E-state index contributed by atoms with van der Waals surface area (Å²) in [4.78, 5) is 40.4. The predicted molar refractivity (Wildman–Crippen MR) is 220 cm³/mol. The van der Waals surface area contributed by atoms with Gasteiger partial charge in [0.2, 0.25) is 11.8 Å².